The smallest absolute Gasteiger partial charge is 0.747 e. The summed E-state index contributed by atoms with van der Waals surface area (Å²) in [6.07, 6.45) is 0. The van der Waals surface area contributed by atoms with Crippen LogP contribution < -0.4 is 40.6 Å². The van der Waals surface area contributed by atoms with E-state index in [2.05, 4.69) is 40.2 Å². The van der Waals surface area contributed by atoms with Crippen molar-refractivity contribution in [3.63, 3.8) is 0 Å². The number of nitrogens with one attached hydrogen (secondary N) is 1. The van der Waals surface area contributed by atoms with Gasteiger partial charge in [-0.05, 0) is 16.0 Å². The summed E-state index contributed by atoms with van der Waals surface area (Å²) in [7, 11) is -3.46. The second-order valence-corrected chi connectivity index (χ2v) is 11.3. The van der Waals surface area contributed by atoms with Crippen LogP contribution in [0.3, 0.4) is 0 Å². The van der Waals surface area contributed by atoms with Crippen molar-refractivity contribution in [2.45, 2.75) is 22.4 Å². The standard InChI is InChI=1S/C15H16N10O8S4.Na/c1-33-20-6(9-18-14(16)36-21-9)10(26)17-7-11(27)25-8(13(28)29)5(2-34-12(7)25)3-35-15-19-22-23-24(15)4-37(30,31)32;/h7,12H,2-4H2,1H3,(H,17,26)(H,28,29)(H2,16,18,21)(H,30,31,32);/q;+1/p-1/b20-6+;/t7?,12-;/m1./s1. The van der Waals surface area contributed by atoms with E-state index in [0.717, 1.165) is 32.9 Å². The van der Waals surface area contributed by atoms with Crippen LogP contribution >= 0.6 is 35.1 Å². The third-order valence-electron chi connectivity index (χ3n) is 4.74. The minimum atomic E-state index is -4.66. The monoisotopic (exact) mass is 614 g/mol. The number of hydrogen-bond acceptors (Lipinski definition) is 17. The molecule has 2 aliphatic rings. The normalized spacial score (nSPS) is 19.4. The summed E-state index contributed by atoms with van der Waals surface area (Å²) in [5.41, 5.74) is 5.29. The number of carboxylic acid groups (broad SMARTS) is 1. The molecule has 4 rings (SSSR count). The fourth-order valence-electron chi connectivity index (χ4n) is 3.29. The number of nitrogens with two attached hydrogens (primary N) is 1. The molecule has 38 heavy (non-hydrogen) atoms. The Morgan fingerprint density at radius 1 is 1.42 bits per heavy atom. The molecule has 0 aliphatic carbocycles. The van der Waals surface area contributed by atoms with E-state index in [4.69, 9.17) is 5.73 Å². The van der Waals surface area contributed by atoms with E-state index in [1.807, 2.05) is 0 Å². The molecule has 0 radical (unpaired) electrons. The summed E-state index contributed by atoms with van der Waals surface area (Å²) in [6.45, 7) is 0. The Balaban J connectivity index is 0.00000400. The summed E-state index contributed by atoms with van der Waals surface area (Å²) in [4.78, 5) is 47.3. The van der Waals surface area contributed by atoms with Gasteiger partial charge in [-0.2, -0.15) is 9.36 Å². The van der Waals surface area contributed by atoms with Crippen LogP contribution in [0.25, 0.3) is 0 Å². The fraction of sp³-hybridized carbons (Fsp3) is 0.400. The van der Waals surface area contributed by atoms with Gasteiger partial charge in [-0.3, -0.25) is 14.5 Å². The molecule has 0 spiro atoms. The molecule has 2 aromatic heterocycles. The van der Waals surface area contributed by atoms with Crippen LogP contribution in [0, 0.1) is 0 Å². The Kier molecular flexibility index (Phi) is 9.72. The van der Waals surface area contributed by atoms with Crippen molar-refractivity contribution in [3.8, 4) is 0 Å². The predicted octanol–water partition coefficient (Wildman–Crippen LogP) is -5.51. The van der Waals surface area contributed by atoms with Crippen LogP contribution in [0.15, 0.2) is 21.6 Å². The number of rotatable bonds is 10. The van der Waals surface area contributed by atoms with Crippen molar-refractivity contribution in [2.24, 2.45) is 5.16 Å². The zero-order valence-corrected chi connectivity index (χ0v) is 24.6. The number of carboxylic acids is 1. The number of aromatic nitrogens is 6. The Hall–Kier alpha value is -2.34. The van der Waals surface area contributed by atoms with Crippen LogP contribution in [-0.2, 0) is 35.2 Å². The van der Waals surface area contributed by atoms with Gasteiger partial charge in [0.05, 0.1) is 0 Å². The van der Waals surface area contributed by atoms with Crippen molar-refractivity contribution >= 4 is 73.8 Å². The number of fused-ring (bicyclic) bond motifs is 1. The molecule has 0 saturated carbocycles. The molecule has 198 valence electrons. The van der Waals surface area contributed by atoms with Gasteiger partial charge in [0.25, 0.3) is 11.8 Å². The van der Waals surface area contributed by atoms with E-state index < -0.39 is 45.2 Å². The molecule has 18 nitrogen and oxygen atoms in total. The molecule has 1 saturated heterocycles. The molecular weight excluding hydrogens is 599 g/mol. The topological polar surface area (TPSA) is 261 Å². The van der Waals surface area contributed by atoms with E-state index in [1.165, 1.54) is 18.9 Å². The quantitative estimate of drug-likeness (QED) is 0.0563. The molecule has 0 bridgehead atoms. The number of anilines is 1. The van der Waals surface area contributed by atoms with Gasteiger partial charge >= 0.3 is 35.5 Å². The Labute approximate surface area is 248 Å². The molecule has 2 atom stereocenters. The summed E-state index contributed by atoms with van der Waals surface area (Å²) in [6, 6.07) is -1.06. The van der Waals surface area contributed by atoms with Crippen LogP contribution in [0.2, 0.25) is 0 Å². The average Bonchev–Trinajstić information content (AvgIpc) is 3.45. The number of β-lactam (4-membered cyclic amide) rings is 1. The molecule has 0 aromatic carbocycles. The van der Waals surface area contributed by atoms with Crippen molar-refractivity contribution < 1.29 is 66.9 Å². The Morgan fingerprint density at radius 3 is 2.76 bits per heavy atom. The van der Waals surface area contributed by atoms with Gasteiger partial charge in [0, 0.05) is 23.0 Å². The minimum absolute atomic E-state index is 0. The first-order chi connectivity index (χ1) is 17.5. The molecule has 2 aromatic rings. The number of carbonyl (C=O) groups is 3. The maximum Gasteiger partial charge on any atom is 1.00 e. The SMILES string of the molecule is CO/N=C(/C(=O)NC1C(=O)N2C(C(=O)O)=C(CSc3nnnn3CS(=O)(=O)[O-])CS[C@H]12)c1nsc(N)n1.[Na+]. The number of amides is 2. The third-order valence-corrected chi connectivity index (χ3v) is 8.23. The summed E-state index contributed by atoms with van der Waals surface area (Å²) in [5.74, 6) is -3.80. The number of oxime groups is 1. The van der Waals surface area contributed by atoms with Gasteiger partial charge in [0.2, 0.25) is 16.7 Å². The maximum absolute atomic E-state index is 12.9. The van der Waals surface area contributed by atoms with Gasteiger partial charge in [-0.15, -0.1) is 16.9 Å². The zero-order chi connectivity index (χ0) is 26.9. The number of carbonyl (C=O) groups excluding carboxylic acids is 2. The minimum Gasteiger partial charge on any atom is -0.747 e. The van der Waals surface area contributed by atoms with Crippen molar-refractivity contribution in [2.75, 3.05) is 24.3 Å². The van der Waals surface area contributed by atoms with Gasteiger partial charge in [-0.1, -0.05) is 16.9 Å². The van der Waals surface area contributed by atoms with Crippen molar-refractivity contribution in [3.05, 3.63) is 17.1 Å². The predicted molar refractivity (Wildman–Crippen MR) is 126 cm³/mol. The summed E-state index contributed by atoms with van der Waals surface area (Å²) >= 11 is 2.94. The third kappa shape index (κ3) is 6.44. The number of nitrogen functional groups attached to an aromatic ring is 1. The van der Waals surface area contributed by atoms with E-state index in [0.29, 0.717) is 5.57 Å². The first-order valence-electron chi connectivity index (χ1n) is 9.74. The first kappa shape index (κ1) is 30.2. The van der Waals surface area contributed by atoms with Crippen molar-refractivity contribution in [1.29, 1.82) is 0 Å². The van der Waals surface area contributed by atoms with Crippen LogP contribution in [0.1, 0.15) is 5.82 Å². The van der Waals surface area contributed by atoms with Gasteiger partial charge < -0.3 is 25.5 Å². The number of aliphatic carboxylic acids is 1. The fourth-order valence-corrected chi connectivity index (χ4v) is 6.64. The molecule has 4 heterocycles. The summed E-state index contributed by atoms with van der Waals surface area (Å²) < 4.78 is 37.7. The number of thioether (sulfide) groups is 2. The Morgan fingerprint density at radius 2 is 2.16 bits per heavy atom. The zero-order valence-electron chi connectivity index (χ0n) is 19.4. The molecule has 4 N–H and O–H groups in total. The molecule has 1 fully saturated rings. The second-order valence-electron chi connectivity index (χ2n) is 7.13. The van der Waals surface area contributed by atoms with E-state index in [1.54, 1.807) is 0 Å². The molecular formula is C15H15N10NaO8S4. The van der Waals surface area contributed by atoms with Gasteiger partial charge in [0.15, 0.2) is 5.13 Å². The Bertz CT molecular complexity index is 1430. The first-order valence-corrected chi connectivity index (χ1v) is 14.1. The number of nitrogens with zero attached hydrogens (tertiary/aromatic N) is 8. The number of hydrogen-bond donors (Lipinski definition) is 3. The van der Waals surface area contributed by atoms with Gasteiger partial charge in [0.1, 0.15) is 40.2 Å². The molecule has 2 aliphatic heterocycles. The summed E-state index contributed by atoms with van der Waals surface area (Å²) in [5, 5.41) is 25.7. The van der Waals surface area contributed by atoms with E-state index in [9.17, 15) is 32.5 Å². The van der Waals surface area contributed by atoms with Crippen LogP contribution in [0.4, 0.5) is 5.13 Å². The van der Waals surface area contributed by atoms with E-state index >= 15 is 0 Å². The largest absolute Gasteiger partial charge is 1.00 e. The maximum atomic E-state index is 12.9. The van der Waals surface area contributed by atoms with Crippen LogP contribution in [-0.4, -0.2) is 106 Å². The van der Waals surface area contributed by atoms with Gasteiger partial charge in [-0.25, -0.2) is 17.9 Å². The number of tetrazole rings is 1. The van der Waals surface area contributed by atoms with Crippen LogP contribution in [0.5, 0.6) is 0 Å². The van der Waals surface area contributed by atoms with E-state index in [-0.39, 0.29) is 68.6 Å². The second kappa shape index (κ2) is 12.2. The average molecular weight is 615 g/mol. The molecule has 23 heteroatoms. The molecule has 2 amide bonds. The van der Waals surface area contributed by atoms with Crippen molar-refractivity contribution in [1.82, 2.24) is 39.8 Å². The molecule has 1 unspecified atom stereocenters.